The van der Waals surface area contributed by atoms with Crippen LogP contribution in [0.3, 0.4) is 0 Å². The van der Waals surface area contributed by atoms with Crippen molar-refractivity contribution >= 4 is 5.95 Å². The molecule has 29 heavy (non-hydrogen) atoms. The topological polar surface area (TPSA) is 89.4 Å². The van der Waals surface area contributed by atoms with Crippen LogP contribution in [0.2, 0.25) is 0 Å². The van der Waals surface area contributed by atoms with Gasteiger partial charge in [0.25, 0.3) is 0 Å². The van der Waals surface area contributed by atoms with Crippen LogP contribution < -0.4 is 5.32 Å². The van der Waals surface area contributed by atoms with Gasteiger partial charge in [0.05, 0.1) is 11.4 Å². The molecule has 0 fully saturated rings. The summed E-state index contributed by atoms with van der Waals surface area (Å²) < 4.78 is 0. The van der Waals surface area contributed by atoms with Crippen molar-refractivity contribution in [1.29, 1.82) is 0 Å². The van der Waals surface area contributed by atoms with E-state index in [-0.39, 0.29) is 6.04 Å². The molecule has 4 rings (SSSR count). The Labute approximate surface area is 169 Å². The second-order valence-corrected chi connectivity index (χ2v) is 6.90. The van der Waals surface area contributed by atoms with E-state index < -0.39 is 0 Å². The maximum absolute atomic E-state index is 4.82. The first-order valence-electron chi connectivity index (χ1n) is 9.40. The van der Waals surface area contributed by atoms with Gasteiger partial charge in [0.1, 0.15) is 6.33 Å². The van der Waals surface area contributed by atoms with Gasteiger partial charge in [-0.3, -0.25) is 9.97 Å². The highest BCUT2D eigenvalue weighted by atomic mass is 15.1. The van der Waals surface area contributed by atoms with E-state index in [2.05, 4.69) is 68.3 Å². The summed E-state index contributed by atoms with van der Waals surface area (Å²) in [6.07, 6.45) is 12.7. The predicted octanol–water partition coefficient (Wildman–Crippen LogP) is 3.74. The lowest BCUT2D eigenvalue weighted by atomic mass is 10.0. The van der Waals surface area contributed by atoms with E-state index in [1.165, 1.54) is 11.9 Å². The molecule has 1 aromatic carbocycles. The summed E-state index contributed by atoms with van der Waals surface area (Å²) in [4.78, 5) is 26.1. The van der Waals surface area contributed by atoms with Crippen molar-refractivity contribution in [1.82, 2.24) is 29.9 Å². The Hall–Kier alpha value is -3.74. The highest BCUT2D eigenvalue weighted by molar-refractivity contribution is 5.80. The Morgan fingerprint density at radius 3 is 2.38 bits per heavy atom. The summed E-state index contributed by atoms with van der Waals surface area (Å²) in [5.41, 5.74) is 5.74. The third-order valence-corrected chi connectivity index (χ3v) is 4.49. The average molecular weight is 383 g/mol. The van der Waals surface area contributed by atoms with Crippen molar-refractivity contribution < 1.29 is 0 Å². The molecule has 0 amide bonds. The number of nitrogens with one attached hydrogen (secondary N) is 1. The van der Waals surface area contributed by atoms with Crippen LogP contribution in [0, 0.1) is 6.92 Å². The van der Waals surface area contributed by atoms with Crippen LogP contribution in [0.25, 0.3) is 22.4 Å². The van der Waals surface area contributed by atoms with E-state index in [1.807, 2.05) is 6.20 Å². The molecule has 0 spiro atoms. The predicted molar refractivity (Wildman–Crippen MR) is 112 cm³/mol. The Kier molecular flexibility index (Phi) is 5.47. The van der Waals surface area contributed by atoms with E-state index in [0.29, 0.717) is 5.95 Å². The second-order valence-electron chi connectivity index (χ2n) is 6.90. The summed E-state index contributed by atoms with van der Waals surface area (Å²) in [6.45, 7) is 4.14. The van der Waals surface area contributed by atoms with Gasteiger partial charge in [0, 0.05) is 66.3 Å². The van der Waals surface area contributed by atoms with Gasteiger partial charge >= 0.3 is 0 Å². The molecule has 7 nitrogen and oxygen atoms in total. The molecule has 0 aliphatic rings. The molecule has 144 valence electrons. The van der Waals surface area contributed by atoms with Crippen LogP contribution in [-0.2, 0) is 6.42 Å². The first-order valence-corrected chi connectivity index (χ1v) is 9.40. The van der Waals surface area contributed by atoms with Gasteiger partial charge in [-0.15, -0.1) is 0 Å². The zero-order valence-corrected chi connectivity index (χ0v) is 16.3. The molecular weight excluding hydrogens is 362 g/mol. The molecule has 0 aliphatic carbocycles. The lowest BCUT2D eigenvalue weighted by Gasteiger charge is -2.15. The summed E-state index contributed by atoms with van der Waals surface area (Å²) in [5, 5.41) is 3.37. The standard InChI is InChI=1S/C22H21N7/c1-15-3-5-17(6-4-15)21-20(18-10-24-14-25-11-18)13-27-22(29-21)28-16(2)9-19-12-23-7-8-26-19/h3-8,10-14,16H,9H2,1-2H3,(H,27,28,29). The van der Waals surface area contributed by atoms with Crippen molar-refractivity contribution in [3.8, 4) is 22.4 Å². The Morgan fingerprint density at radius 2 is 1.66 bits per heavy atom. The normalized spacial score (nSPS) is 11.8. The zero-order chi connectivity index (χ0) is 20.1. The Morgan fingerprint density at radius 1 is 0.862 bits per heavy atom. The summed E-state index contributed by atoms with van der Waals surface area (Å²) in [7, 11) is 0. The lowest BCUT2D eigenvalue weighted by molar-refractivity contribution is 0.754. The molecule has 7 heteroatoms. The van der Waals surface area contributed by atoms with Gasteiger partial charge in [-0.25, -0.2) is 19.9 Å². The van der Waals surface area contributed by atoms with E-state index in [4.69, 9.17) is 4.98 Å². The number of hydrogen-bond donors (Lipinski definition) is 1. The van der Waals surface area contributed by atoms with Crippen LogP contribution in [0.4, 0.5) is 5.95 Å². The minimum absolute atomic E-state index is 0.100. The Bertz CT molecular complexity index is 1070. The van der Waals surface area contributed by atoms with Crippen LogP contribution in [-0.4, -0.2) is 35.9 Å². The van der Waals surface area contributed by atoms with E-state index in [0.717, 1.165) is 34.5 Å². The largest absolute Gasteiger partial charge is 0.351 e. The molecular formula is C22H21N7. The molecule has 3 aromatic heterocycles. The minimum atomic E-state index is 0.100. The van der Waals surface area contributed by atoms with Crippen molar-refractivity contribution in [2.75, 3.05) is 5.32 Å². The third-order valence-electron chi connectivity index (χ3n) is 4.49. The molecule has 0 bridgehead atoms. The molecule has 0 saturated carbocycles. The third kappa shape index (κ3) is 4.57. The molecule has 0 saturated heterocycles. The number of nitrogens with zero attached hydrogens (tertiary/aromatic N) is 6. The number of rotatable bonds is 6. The van der Waals surface area contributed by atoms with Crippen LogP contribution >= 0.6 is 0 Å². The Balaban J connectivity index is 1.66. The molecule has 1 unspecified atom stereocenters. The second kappa shape index (κ2) is 8.52. The lowest BCUT2D eigenvalue weighted by Crippen LogP contribution is -2.20. The number of hydrogen-bond acceptors (Lipinski definition) is 7. The van der Waals surface area contributed by atoms with E-state index in [1.54, 1.807) is 31.0 Å². The van der Waals surface area contributed by atoms with Crippen molar-refractivity contribution in [2.24, 2.45) is 0 Å². The maximum atomic E-state index is 4.82. The van der Waals surface area contributed by atoms with Crippen LogP contribution in [0.1, 0.15) is 18.2 Å². The molecule has 4 aromatic rings. The molecule has 1 N–H and O–H groups in total. The maximum Gasteiger partial charge on any atom is 0.223 e. The summed E-state index contributed by atoms with van der Waals surface area (Å²) in [5.74, 6) is 0.567. The fourth-order valence-corrected chi connectivity index (χ4v) is 3.05. The molecule has 1 atom stereocenters. The van der Waals surface area contributed by atoms with E-state index >= 15 is 0 Å². The number of benzene rings is 1. The number of anilines is 1. The molecule has 0 aliphatic heterocycles. The van der Waals surface area contributed by atoms with Gasteiger partial charge in [-0.2, -0.15) is 0 Å². The first-order chi connectivity index (χ1) is 14.2. The van der Waals surface area contributed by atoms with Crippen molar-refractivity contribution in [3.05, 3.63) is 79.0 Å². The monoisotopic (exact) mass is 383 g/mol. The fraction of sp³-hybridized carbons (Fsp3) is 0.182. The quantitative estimate of drug-likeness (QED) is 0.542. The van der Waals surface area contributed by atoms with E-state index in [9.17, 15) is 0 Å². The van der Waals surface area contributed by atoms with Gasteiger partial charge < -0.3 is 5.32 Å². The van der Waals surface area contributed by atoms with Gasteiger partial charge in [-0.05, 0) is 13.8 Å². The number of aromatic nitrogens is 6. The van der Waals surface area contributed by atoms with Crippen molar-refractivity contribution in [3.63, 3.8) is 0 Å². The van der Waals surface area contributed by atoms with Gasteiger partial charge in [-0.1, -0.05) is 29.8 Å². The molecule has 3 heterocycles. The smallest absolute Gasteiger partial charge is 0.223 e. The minimum Gasteiger partial charge on any atom is -0.351 e. The van der Waals surface area contributed by atoms with Crippen molar-refractivity contribution in [2.45, 2.75) is 26.3 Å². The SMILES string of the molecule is Cc1ccc(-c2nc(NC(C)Cc3cnccn3)ncc2-c2cncnc2)cc1. The van der Waals surface area contributed by atoms with Crippen LogP contribution in [0.15, 0.2) is 67.8 Å². The summed E-state index contributed by atoms with van der Waals surface area (Å²) in [6, 6.07) is 8.39. The average Bonchev–Trinajstić information content (AvgIpc) is 2.75. The number of aryl methyl sites for hydroxylation is 1. The first kappa shape index (κ1) is 18.6. The van der Waals surface area contributed by atoms with Crippen LogP contribution in [0.5, 0.6) is 0 Å². The highest BCUT2D eigenvalue weighted by Gasteiger charge is 2.14. The highest BCUT2D eigenvalue weighted by Crippen LogP contribution is 2.30. The summed E-state index contributed by atoms with van der Waals surface area (Å²) >= 11 is 0. The zero-order valence-electron chi connectivity index (χ0n) is 16.3. The fourth-order valence-electron chi connectivity index (χ4n) is 3.05. The van der Waals surface area contributed by atoms with Gasteiger partial charge in [0.2, 0.25) is 5.95 Å². The van der Waals surface area contributed by atoms with Gasteiger partial charge in [0.15, 0.2) is 0 Å². The molecule has 0 radical (unpaired) electrons.